The first-order chi connectivity index (χ1) is 11.5. The molecule has 3 heterocycles. The van der Waals surface area contributed by atoms with Crippen LogP contribution in [0, 0.1) is 6.92 Å². The molecule has 1 aliphatic carbocycles. The minimum Gasteiger partial charge on any atom is -0.369 e. The minimum atomic E-state index is -3.22. The third-order valence-electron chi connectivity index (χ3n) is 4.51. The molecule has 8 heteroatoms. The Morgan fingerprint density at radius 1 is 1.38 bits per heavy atom. The third kappa shape index (κ3) is 3.28. The Kier molecular flexibility index (Phi) is 4.24. The summed E-state index contributed by atoms with van der Waals surface area (Å²) >= 11 is 1.60. The van der Waals surface area contributed by atoms with E-state index in [-0.39, 0.29) is 11.4 Å². The number of hydrogen-bond acceptors (Lipinski definition) is 5. The smallest absolute Gasteiger partial charge is 0.217 e. The first-order valence-corrected chi connectivity index (χ1v) is 10.6. The molecular formula is C16H21N3O3S2. The van der Waals surface area contributed by atoms with E-state index in [1.807, 2.05) is 30.6 Å². The van der Waals surface area contributed by atoms with Gasteiger partial charge in [0.05, 0.1) is 35.2 Å². The number of ether oxygens (including phenoxy) is 1. The molecule has 1 fully saturated rings. The fraction of sp³-hybridized carbons (Fsp3) is 0.562. The van der Waals surface area contributed by atoms with Crippen molar-refractivity contribution in [3.05, 3.63) is 40.1 Å². The standard InChI is InChI=1S/C16H21N3O3S2/c1-12-17-13(11-23-12)10-22-15-8-18-6-2-3-14(18)7-19(9-15)24(20,21)16-4-5-16/h2-3,6,11,15-16H,4-5,7-10H2,1H3. The van der Waals surface area contributed by atoms with Crippen LogP contribution in [0.25, 0.3) is 0 Å². The number of aryl methyl sites for hydroxylation is 1. The molecule has 2 aromatic rings. The maximum Gasteiger partial charge on any atom is 0.217 e. The van der Waals surface area contributed by atoms with Crippen molar-refractivity contribution in [1.82, 2.24) is 13.9 Å². The molecule has 130 valence electrons. The van der Waals surface area contributed by atoms with Gasteiger partial charge in [-0.05, 0) is 31.9 Å². The zero-order valence-electron chi connectivity index (χ0n) is 13.6. The third-order valence-corrected chi connectivity index (χ3v) is 7.64. The quantitative estimate of drug-likeness (QED) is 0.812. The lowest BCUT2D eigenvalue weighted by molar-refractivity contribution is 0.0208. The average Bonchev–Trinajstić information content (AvgIpc) is 3.25. The second-order valence-electron chi connectivity index (χ2n) is 6.48. The molecule has 0 amide bonds. The van der Waals surface area contributed by atoms with Crippen LogP contribution in [0.3, 0.4) is 0 Å². The molecule has 0 saturated heterocycles. The summed E-state index contributed by atoms with van der Waals surface area (Å²) in [6, 6.07) is 3.95. The van der Waals surface area contributed by atoms with Gasteiger partial charge in [0, 0.05) is 30.4 Å². The first-order valence-electron chi connectivity index (χ1n) is 8.18. The molecule has 2 aromatic heterocycles. The Labute approximate surface area is 146 Å². The summed E-state index contributed by atoms with van der Waals surface area (Å²) in [5.74, 6) is 0. The molecule has 1 aliphatic heterocycles. The summed E-state index contributed by atoms with van der Waals surface area (Å²) in [5, 5.41) is 2.81. The van der Waals surface area contributed by atoms with Crippen molar-refractivity contribution < 1.29 is 13.2 Å². The summed E-state index contributed by atoms with van der Waals surface area (Å²) < 4.78 is 35.2. The zero-order valence-corrected chi connectivity index (χ0v) is 15.2. The van der Waals surface area contributed by atoms with Crippen LogP contribution in [0.1, 0.15) is 29.2 Å². The lowest BCUT2D eigenvalue weighted by Crippen LogP contribution is -2.39. The van der Waals surface area contributed by atoms with Gasteiger partial charge in [-0.25, -0.2) is 13.4 Å². The lowest BCUT2D eigenvalue weighted by Gasteiger charge is -2.23. The molecule has 6 nitrogen and oxygen atoms in total. The van der Waals surface area contributed by atoms with Gasteiger partial charge in [-0.15, -0.1) is 11.3 Å². The van der Waals surface area contributed by atoms with E-state index < -0.39 is 10.0 Å². The lowest BCUT2D eigenvalue weighted by atomic mass is 10.3. The second kappa shape index (κ2) is 6.25. The summed E-state index contributed by atoms with van der Waals surface area (Å²) in [4.78, 5) is 4.41. The van der Waals surface area contributed by atoms with Crippen molar-refractivity contribution >= 4 is 21.4 Å². The molecule has 1 saturated carbocycles. The summed E-state index contributed by atoms with van der Waals surface area (Å²) in [7, 11) is -3.22. The van der Waals surface area contributed by atoms with E-state index in [0.29, 0.717) is 26.2 Å². The van der Waals surface area contributed by atoms with Gasteiger partial charge < -0.3 is 9.30 Å². The number of sulfonamides is 1. The maximum atomic E-state index is 12.7. The van der Waals surface area contributed by atoms with E-state index in [9.17, 15) is 8.42 Å². The highest BCUT2D eigenvalue weighted by Gasteiger charge is 2.41. The van der Waals surface area contributed by atoms with Crippen molar-refractivity contribution in [2.75, 3.05) is 6.54 Å². The normalized spacial score (nSPS) is 22.3. The molecule has 2 aliphatic rings. The molecule has 0 N–H and O–H groups in total. The van der Waals surface area contributed by atoms with Gasteiger partial charge in [-0.1, -0.05) is 0 Å². The van der Waals surface area contributed by atoms with Crippen molar-refractivity contribution in [2.24, 2.45) is 0 Å². The van der Waals surface area contributed by atoms with Crippen LogP contribution in [0.5, 0.6) is 0 Å². The fourth-order valence-electron chi connectivity index (χ4n) is 3.07. The number of thiazole rings is 1. The molecule has 0 spiro atoms. The van der Waals surface area contributed by atoms with Gasteiger partial charge in [-0.2, -0.15) is 4.31 Å². The Bertz CT molecular complexity index is 823. The molecular weight excluding hydrogens is 346 g/mol. The molecule has 1 unspecified atom stereocenters. The zero-order chi connectivity index (χ0) is 16.7. The predicted molar refractivity (Wildman–Crippen MR) is 92.2 cm³/mol. The Morgan fingerprint density at radius 2 is 2.21 bits per heavy atom. The highest BCUT2D eigenvalue weighted by molar-refractivity contribution is 7.90. The fourth-order valence-corrected chi connectivity index (χ4v) is 5.51. The van der Waals surface area contributed by atoms with E-state index in [0.717, 1.165) is 29.2 Å². The summed E-state index contributed by atoms with van der Waals surface area (Å²) in [6.07, 6.45) is 3.38. The van der Waals surface area contributed by atoms with E-state index in [1.54, 1.807) is 15.6 Å². The van der Waals surface area contributed by atoms with Crippen molar-refractivity contribution in [3.8, 4) is 0 Å². The SMILES string of the molecule is Cc1nc(COC2CN(S(=O)(=O)C3CC3)Cc3cccn3C2)cs1. The molecule has 4 rings (SSSR count). The molecule has 0 bridgehead atoms. The van der Waals surface area contributed by atoms with Crippen LogP contribution >= 0.6 is 11.3 Å². The van der Waals surface area contributed by atoms with Gasteiger partial charge >= 0.3 is 0 Å². The topological polar surface area (TPSA) is 64.4 Å². The Hall–Kier alpha value is -1.22. The first kappa shape index (κ1) is 16.3. The maximum absolute atomic E-state index is 12.7. The van der Waals surface area contributed by atoms with E-state index >= 15 is 0 Å². The molecule has 24 heavy (non-hydrogen) atoms. The number of aromatic nitrogens is 2. The van der Waals surface area contributed by atoms with Crippen molar-refractivity contribution in [1.29, 1.82) is 0 Å². The van der Waals surface area contributed by atoms with Crippen molar-refractivity contribution in [2.45, 2.75) is 50.8 Å². The van der Waals surface area contributed by atoms with Crippen LogP contribution in [0.15, 0.2) is 23.7 Å². The number of fused-ring (bicyclic) bond motifs is 1. The van der Waals surface area contributed by atoms with Crippen LogP contribution in [-0.2, 0) is 34.5 Å². The van der Waals surface area contributed by atoms with Gasteiger partial charge in [-0.3, -0.25) is 0 Å². The van der Waals surface area contributed by atoms with Crippen LogP contribution < -0.4 is 0 Å². The minimum absolute atomic E-state index is 0.172. The van der Waals surface area contributed by atoms with E-state index in [1.165, 1.54) is 0 Å². The van der Waals surface area contributed by atoms with Gasteiger partial charge in [0.25, 0.3) is 0 Å². The van der Waals surface area contributed by atoms with Crippen molar-refractivity contribution in [3.63, 3.8) is 0 Å². The molecule has 1 atom stereocenters. The number of rotatable bonds is 5. The van der Waals surface area contributed by atoms with Gasteiger partial charge in [0.1, 0.15) is 0 Å². The average molecular weight is 367 g/mol. The van der Waals surface area contributed by atoms with Gasteiger partial charge in [0.2, 0.25) is 10.0 Å². The monoisotopic (exact) mass is 367 g/mol. The Morgan fingerprint density at radius 3 is 2.92 bits per heavy atom. The van der Waals surface area contributed by atoms with Gasteiger partial charge in [0.15, 0.2) is 0 Å². The second-order valence-corrected chi connectivity index (χ2v) is 9.75. The van der Waals surface area contributed by atoms with E-state index in [2.05, 4.69) is 9.55 Å². The van der Waals surface area contributed by atoms with E-state index in [4.69, 9.17) is 4.74 Å². The Balaban J connectivity index is 1.53. The largest absolute Gasteiger partial charge is 0.369 e. The summed E-state index contributed by atoms with van der Waals surface area (Å²) in [5.41, 5.74) is 1.93. The molecule has 0 radical (unpaired) electrons. The number of nitrogens with zero attached hydrogens (tertiary/aromatic N) is 3. The van der Waals surface area contributed by atoms with Crippen LogP contribution in [-0.4, -0.2) is 40.2 Å². The van der Waals surface area contributed by atoms with Crippen LogP contribution in [0.2, 0.25) is 0 Å². The summed E-state index contributed by atoms with van der Waals surface area (Å²) in [6.45, 7) is 3.89. The number of hydrogen-bond donors (Lipinski definition) is 0. The highest BCUT2D eigenvalue weighted by Crippen LogP contribution is 2.33. The highest BCUT2D eigenvalue weighted by atomic mass is 32.2. The van der Waals surface area contributed by atoms with Crippen LogP contribution in [0.4, 0.5) is 0 Å². The molecule has 0 aromatic carbocycles. The predicted octanol–water partition coefficient (Wildman–Crippen LogP) is 2.15.